The Hall–Kier alpha value is -6.82. The standard InChI is InChI=1S/C71H74BN3S/c1-67(2,3)46-26-30-51(31-27-46)74-60-22-19-23-61-64(60)72(66-65(74)55-42-48(69(7,8)9)29-35-63(55)76-66)56-32-24-43(45-36-49(70(10,11)12)40-50(37-45)71(13,14)15)39-62(56)75(61)59-34-28-47(68(4,5)6)41-53(59)44-25-33-58-54(38-44)52-20-17-18-21-57(52)73(58)16/h17-42H,1-16H3. The number of aromatic nitrogens is 1. The van der Waals surface area contributed by atoms with E-state index in [0.717, 1.165) is 0 Å². The number of hydrogen-bond donors (Lipinski definition) is 0. The highest BCUT2D eigenvalue weighted by Crippen LogP contribution is 2.51. The van der Waals surface area contributed by atoms with Crippen molar-refractivity contribution < 1.29 is 0 Å². The zero-order valence-corrected chi connectivity index (χ0v) is 48.7. The van der Waals surface area contributed by atoms with Gasteiger partial charge in [-0.2, -0.15) is 0 Å². The molecule has 2 aliphatic rings. The monoisotopic (exact) mass is 1010 g/mol. The average molecular weight is 1010 g/mol. The number of thiophene rings is 1. The van der Waals surface area contributed by atoms with E-state index in [1.54, 1.807) is 0 Å². The zero-order valence-electron chi connectivity index (χ0n) is 47.8. The van der Waals surface area contributed by atoms with Crippen molar-refractivity contribution in [2.75, 3.05) is 9.80 Å². The molecule has 12 rings (SSSR count). The maximum Gasteiger partial charge on any atom is 0.264 e. The van der Waals surface area contributed by atoms with Crippen LogP contribution < -0.4 is 25.5 Å². The van der Waals surface area contributed by atoms with Gasteiger partial charge in [0.2, 0.25) is 0 Å². The Morgan fingerprint density at radius 1 is 0.382 bits per heavy atom. The van der Waals surface area contributed by atoms with Crippen LogP contribution in [0.25, 0.3) is 54.1 Å². The second-order valence-electron chi connectivity index (χ2n) is 27.2. The first-order valence-corrected chi connectivity index (χ1v) is 28.4. The molecule has 0 fully saturated rings. The van der Waals surface area contributed by atoms with Crippen LogP contribution >= 0.6 is 11.3 Å². The molecule has 2 aromatic heterocycles. The maximum atomic E-state index is 2.65. The van der Waals surface area contributed by atoms with E-state index in [2.05, 4.69) is 283 Å². The fourth-order valence-electron chi connectivity index (χ4n) is 12.1. The van der Waals surface area contributed by atoms with E-state index in [9.17, 15) is 0 Å². The lowest BCUT2D eigenvalue weighted by Crippen LogP contribution is -2.60. The molecule has 0 saturated heterocycles. The van der Waals surface area contributed by atoms with Crippen molar-refractivity contribution in [2.24, 2.45) is 7.05 Å². The first-order chi connectivity index (χ1) is 35.8. The molecule has 0 bridgehead atoms. The van der Waals surface area contributed by atoms with Gasteiger partial charge in [0.1, 0.15) is 0 Å². The molecule has 0 N–H and O–H groups in total. The molecule has 8 aromatic carbocycles. The maximum absolute atomic E-state index is 2.65. The average Bonchev–Trinajstić information content (AvgIpc) is 3.98. The number of anilines is 6. The van der Waals surface area contributed by atoms with Crippen molar-refractivity contribution in [1.29, 1.82) is 0 Å². The van der Waals surface area contributed by atoms with Crippen molar-refractivity contribution >= 4 is 99.8 Å². The van der Waals surface area contributed by atoms with Crippen LogP contribution in [0.5, 0.6) is 0 Å². The number of aryl methyl sites for hydroxylation is 1. The summed E-state index contributed by atoms with van der Waals surface area (Å²) in [5, 5.41) is 3.87. The topological polar surface area (TPSA) is 11.4 Å². The molecule has 5 heteroatoms. The highest BCUT2D eigenvalue weighted by atomic mass is 32.1. The molecule has 4 heterocycles. The number of nitrogens with zero attached hydrogens (tertiary/aromatic N) is 3. The Labute approximate surface area is 457 Å². The van der Waals surface area contributed by atoms with Crippen LogP contribution in [0.2, 0.25) is 0 Å². The third-order valence-electron chi connectivity index (χ3n) is 16.8. The highest BCUT2D eigenvalue weighted by Gasteiger charge is 2.46. The third kappa shape index (κ3) is 8.14. The largest absolute Gasteiger partial charge is 0.344 e. The molecule has 76 heavy (non-hydrogen) atoms. The van der Waals surface area contributed by atoms with Crippen LogP contribution in [0.4, 0.5) is 34.1 Å². The molecular weight excluding hydrogens is 938 g/mol. The number of rotatable bonds is 4. The van der Waals surface area contributed by atoms with Crippen LogP contribution in [-0.4, -0.2) is 11.3 Å². The van der Waals surface area contributed by atoms with Gasteiger partial charge in [-0.05, 0) is 155 Å². The number of para-hydroxylation sites is 1. The summed E-state index contributed by atoms with van der Waals surface area (Å²) in [5.74, 6) is 0. The summed E-state index contributed by atoms with van der Waals surface area (Å²) in [4.78, 5) is 5.27. The van der Waals surface area contributed by atoms with E-state index >= 15 is 0 Å². The Morgan fingerprint density at radius 2 is 0.961 bits per heavy atom. The highest BCUT2D eigenvalue weighted by molar-refractivity contribution is 7.33. The summed E-state index contributed by atoms with van der Waals surface area (Å²) < 4.78 is 5.06. The van der Waals surface area contributed by atoms with Gasteiger partial charge >= 0.3 is 0 Å². The lowest BCUT2D eigenvalue weighted by Gasteiger charge is -2.43. The van der Waals surface area contributed by atoms with Crippen molar-refractivity contribution in [3.05, 3.63) is 186 Å². The molecule has 0 amide bonds. The lowest BCUT2D eigenvalue weighted by molar-refractivity contribution is 0.569. The van der Waals surface area contributed by atoms with Gasteiger partial charge in [0.15, 0.2) is 0 Å². The fraction of sp³-hybridized carbons (Fsp3) is 0.296. The van der Waals surface area contributed by atoms with Crippen LogP contribution in [0.15, 0.2) is 158 Å². The number of fused-ring (bicyclic) bond motifs is 9. The van der Waals surface area contributed by atoms with E-state index in [-0.39, 0.29) is 33.8 Å². The number of benzene rings is 8. The molecule has 0 saturated carbocycles. The first-order valence-electron chi connectivity index (χ1n) is 27.6. The molecule has 0 spiro atoms. The summed E-state index contributed by atoms with van der Waals surface area (Å²) >= 11 is 1.98. The van der Waals surface area contributed by atoms with E-state index in [0.29, 0.717) is 0 Å². The predicted octanol–water partition coefficient (Wildman–Crippen LogP) is 18.5. The lowest BCUT2D eigenvalue weighted by atomic mass is 9.36. The first kappa shape index (κ1) is 50.0. The molecule has 382 valence electrons. The van der Waals surface area contributed by atoms with E-state index in [4.69, 9.17) is 0 Å². The summed E-state index contributed by atoms with van der Waals surface area (Å²) in [6.45, 7) is 35.0. The van der Waals surface area contributed by atoms with E-state index < -0.39 is 0 Å². The molecule has 2 aliphatic heterocycles. The summed E-state index contributed by atoms with van der Waals surface area (Å²) in [5.41, 5.74) is 24.0. The second kappa shape index (κ2) is 17.1. The fourth-order valence-corrected chi connectivity index (χ4v) is 13.4. The molecular formula is C71H74BN3S. The van der Waals surface area contributed by atoms with Gasteiger partial charge in [0.25, 0.3) is 6.71 Å². The minimum absolute atomic E-state index is 0.00235. The van der Waals surface area contributed by atoms with E-state index in [1.807, 2.05) is 11.3 Å². The van der Waals surface area contributed by atoms with Crippen LogP contribution in [0.3, 0.4) is 0 Å². The summed E-state index contributed by atoms with van der Waals surface area (Å²) in [7, 11) is 2.20. The molecule has 3 nitrogen and oxygen atoms in total. The minimum Gasteiger partial charge on any atom is -0.344 e. The molecule has 0 radical (unpaired) electrons. The molecule has 0 atom stereocenters. The summed E-state index contributed by atoms with van der Waals surface area (Å²) in [6, 6.07) is 62.0. The smallest absolute Gasteiger partial charge is 0.264 e. The van der Waals surface area contributed by atoms with Gasteiger partial charge in [-0.3, -0.25) is 0 Å². The normalized spacial score (nSPS) is 14.0. The van der Waals surface area contributed by atoms with Crippen molar-refractivity contribution in [3.63, 3.8) is 0 Å². The Balaban J connectivity index is 1.18. The van der Waals surface area contributed by atoms with Gasteiger partial charge in [0.05, 0.1) is 11.4 Å². The Kier molecular flexibility index (Phi) is 11.3. The Bertz CT molecular complexity index is 3950. The Morgan fingerprint density at radius 3 is 1.62 bits per heavy atom. The quantitative estimate of drug-likeness (QED) is 0.163. The second-order valence-corrected chi connectivity index (χ2v) is 28.3. The van der Waals surface area contributed by atoms with Gasteiger partial charge in [-0.25, -0.2) is 0 Å². The van der Waals surface area contributed by atoms with Gasteiger partial charge in [-0.1, -0.05) is 189 Å². The van der Waals surface area contributed by atoms with Crippen LogP contribution in [0, 0.1) is 0 Å². The minimum atomic E-state index is -0.0723. The molecule has 0 aliphatic carbocycles. The van der Waals surface area contributed by atoms with Crippen molar-refractivity contribution in [2.45, 2.75) is 131 Å². The van der Waals surface area contributed by atoms with Crippen molar-refractivity contribution in [1.82, 2.24) is 4.57 Å². The van der Waals surface area contributed by atoms with Crippen LogP contribution in [0.1, 0.15) is 132 Å². The SMILES string of the molecule is Cn1c2ccccc2c2cc(-c3cc(C(C)(C)C)ccc3N3c4cc(-c5cc(C(C)(C)C)cc(C(C)(C)C)c5)ccc4B4c5sc6ccc(C(C)(C)C)cc6c5N(c5ccc(C(C)(C)C)cc5)c5cccc3c54)ccc21. The van der Waals surface area contributed by atoms with Crippen molar-refractivity contribution in [3.8, 4) is 22.3 Å². The summed E-state index contributed by atoms with van der Waals surface area (Å²) in [6.07, 6.45) is 0. The van der Waals surface area contributed by atoms with E-state index in [1.165, 1.54) is 132 Å². The van der Waals surface area contributed by atoms with Gasteiger partial charge in [-0.15, -0.1) is 11.3 Å². The molecule has 0 unspecified atom stereocenters. The van der Waals surface area contributed by atoms with Crippen LogP contribution in [-0.2, 0) is 34.1 Å². The number of hydrogen-bond acceptors (Lipinski definition) is 3. The predicted molar refractivity (Wildman–Crippen MR) is 334 cm³/mol. The third-order valence-corrected chi connectivity index (χ3v) is 18.0. The zero-order chi connectivity index (χ0) is 53.8. The van der Waals surface area contributed by atoms with Gasteiger partial charge < -0.3 is 14.4 Å². The van der Waals surface area contributed by atoms with Gasteiger partial charge in [0, 0.05) is 72.0 Å². The molecule has 10 aromatic rings.